The van der Waals surface area contributed by atoms with Gasteiger partial charge in [0.05, 0.1) is 0 Å². The van der Waals surface area contributed by atoms with Crippen LogP contribution < -0.4 is 5.73 Å². The van der Waals surface area contributed by atoms with Crippen molar-refractivity contribution in [2.45, 2.75) is 32.1 Å². The molecule has 0 aromatic heterocycles. The summed E-state index contributed by atoms with van der Waals surface area (Å²) in [5.41, 5.74) is 5.54. The van der Waals surface area contributed by atoms with E-state index in [1.54, 1.807) is 0 Å². The minimum Gasteiger partial charge on any atom is -0.342 e. The largest absolute Gasteiger partial charge is 0.342 e. The van der Waals surface area contributed by atoms with Crippen molar-refractivity contribution in [3.63, 3.8) is 0 Å². The van der Waals surface area contributed by atoms with Crippen LogP contribution in [0.5, 0.6) is 0 Å². The average molecular weight is 196 g/mol. The fourth-order valence-electron chi connectivity index (χ4n) is 2.51. The van der Waals surface area contributed by atoms with Gasteiger partial charge in [-0.1, -0.05) is 19.3 Å². The zero-order chi connectivity index (χ0) is 9.97. The third-order valence-electron chi connectivity index (χ3n) is 3.56. The Morgan fingerprint density at radius 3 is 2.43 bits per heavy atom. The van der Waals surface area contributed by atoms with Gasteiger partial charge in [0.25, 0.3) is 0 Å². The lowest BCUT2D eigenvalue weighted by atomic mass is 9.86. The van der Waals surface area contributed by atoms with Crippen LogP contribution in [-0.4, -0.2) is 30.4 Å². The van der Waals surface area contributed by atoms with Crippen LogP contribution in [-0.2, 0) is 4.79 Å². The number of carbonyl (C=O) groups excluding carboxylic acids is 1. The van der Waals surface area contributed by atoms with Gasteiger partial charge in [0.15, 0.2) is 0 Å². The number of hydrogen-bond acceptors (Lipinski definition) is 2. The molecule has 1 aliphatic heterocycles. The van der Waals surface area contributed by atoms with Gasteiger partial charge >= 0.3 is 0 Å². The highest BCUT2D eigenvalue weighted by Gasteiger charge is 2.33. The fraction of sp³-hybridized carbons (Fsp3) is 0.909. The predicted molar refractivity (Wildman–Crippen MR) is 55.7 cm³/mol. The standard InChI is InChI=1S/C11H20N2O/c12-6-9-7-13(8-9)11(14)10-4-2-1-3-5-10/h9-10H,1-8,12H2. The van der Waals surface area contributed by atoms with E-state index in [4.69, 9.17) is 5.73 Å². The molecule has 80 valence electrons. The summed E-state index contributed by atoms with van der Waals surface area (Å²) in [6, 6.07) is 0. The van der Waals surface area contributed by atoms with Gasteiger partial charge in [-0.25, -0.2) is 0 Å². The van der Waals surface area contributed by atoms with Crippen LogP contribution in [0.25, 0.3) is 0 Å². The molecular formula is C11H20N2O. The normalized spacial score (nSPS) is 24.8. The molecule has 3 nitrogen and oxygen atoms in total. The van der Waals surface area contributed by atoms with Gasteiger partial charge in [0, 0.05) is 24.9 Å². The zero-order valence-electron chi connectivity index (χ0n) is 8.74. The Balaban J connectivity index is 1.78. The van der Waals surface area contributed by atoms with Crippen molar-refractivity contribution < 1.29 is 4.79 Å². The first-order chi connectivity index (χ1) is 6.81. The van der Waals surface area contributed by atoms with E-state index in [0.29, 0.717) is 17.7 Å². The second-order valence-corrected chi connectivity index (χ2v) is 4.68. The molecule has 0 atom stereocenters. The summed E-state index contributed by atoms with van der Waals surface area (Å²) in [7, 11) is 0. The summed E-state index contributed by atoms with van der Waals surface area (Å²) in [5, 5.41) is 0. The van der Waals surface area contributed by atoms with Crippen molar-refractivity contribution in [1.29, 1.82) is 0 Å². The van der Waals surface area contributed by atoms with Gasteiger partial charge in [0.2, 0.25) is 5.91 Å². The first-order valence-electron chi connectivity index (χ1n) is 5.80. The molecule has 0 radical (unpaired) electrons. The monoisotopic (exact) mass is 196 g/mol. The van der Waals surface area contributed by atoms with Gasteiger partial charge in [0.1, 0.15) is 0 Å². The van der Waals surface area contributed by atoms with Crippen LogP contribution >= 0.6 is 0 Å². The highest BCUT2D eigenvalue weighted by Crippen LogP contribution is 2.27. The Hall–Kier alpha value is -0.570. The second-order valence-electron chi connectivity index (χ2n) is 4.68. The van der Waals surface area contributed by atoms with E-state index in [2.05, 4.69) is 0 Å². The van der Waals surface area contributed by atoms with Gasteiger partial charge in [-0.2, -0.15) is 0 Å². The van der Waals surface area contributed by atoms with Crippen LogP contribution in [0.4, 0.5) is 0 Å². The average Bonchev–Trinajstić information content (AvgIpc) is 2.17. The van der Waals surface area contributed by atoms with Gasteiger partial charge < -0.3 is 10.6 Å². The van der Waals surface area contributed by atoms with Gasteiger partial charge in [-0.15, -0.1) is 0 Å². The Bertz CT molecular complexity index is 205. The van der Waals surface area contributed by atoms with Gasteiger partial charge in [-0.3, -0.25) is 4.79 Å². The minimum absolute atomic E-state index is 0.336. The Morgan fingerprint density at radius 2 is 1.86 bits per heavy atom. The topological polar surface area (TPSA) is 46.3 Å². The number of carbonyl (C=O) groups is 1. The summed E-state index contributed by atoms with van der Waals surface area (Å²) < 4.78 is 0. The third-order valence-corrected chi connectivity index (χ3v) is 3.56. The van der Waals surface area contributed by atoms with E-state index < -0.39 is 0 Å². The van der Waals surface area contributed by atoms with Crippen molar-refractivity contribution in [2.75, 3.05) is 19.6 Å². The number of nitrogens with two attached hydrogens (primary N) is 1. The lowest BCUT2D eigenvalue weighted by molar-refractivity contribution is -0.142. The van der Waals surface area contributed by atoms with Crippen LogP contribution in [0.15, 0.2) is 0 Å². The number of hydrogen-bond donors (Lipinski definition) is 1. The molecule has 2 aliphatic rings. The fourth-order valence-corrected chi connectivity index (χ4v) is 2.51. The Kier molecular flexibility index (Phi) is 3.06. The Labute approximate surface area is 85.6 Å². The van der Waals surface area contributed by atoms with E-state index in [-0.39, 0.29) is 0 Å². The molecule has 1 saturated heterocycles. The number of amides is 1. The summed E-state index contributed by atoms with van der Waals surface area (Å²) in [6.45, 7) is 2.55. The van der Waals surface area contributed by atoms with E-state index in [9.17, 15) is 4.79 Å². The first-order valence-corrected chi connectivity index (χ1v) is 5.80. The summed E-state index contributed by atoms with van der Waals surface area (Å²) in [6.07, 6.45) is 6.02. The lowest BCUT2D eigenvalue weighted by Gasteiger charge is -2.41. The highest BCUT2D eigenvalue weighted by atomic mass is 16.2. The molecule has 2 fully saturated rings. The number of nitrogens with zero attached hydrogens (tertiary/aromatic N) is 1. The smallest absolute Gasteiger partial charge is 0.225 e. The summed E-state index contributed by atoms with van der Waals surface area (Å²) in [5.74, 6) is 1.31. The summed E-state index contributed by atoms with van der Waals surface area (Å²) in [4.78, 5) is 13.9. The van der Waals surface area contributed by atoms with E-state index in [1.807, 2.05) is 4.90 Å². The zero-order valence-corrected chi connectivity index (χ0v) is 8.74. The minimum atomic E-state index is 0.336. The molecule has 0 aromatic carbocycles. The molecule has 2 N–H and O–H groups in total. The van der Waals surface area contributed by atoms with E-state index in [1.165, 1.54) is 19.3 Å². The van der Waals surface area contributed by atoms with E-state index in [0.717, 1.165) is 32.5 Å². The quantitative estimate of drug-likeness (QED) is 0.715. The van der Waals surface area contributed by atoms with Crippen molar-refractivity contribution in [2.24, 2.45) is 17.6 Å². The van der Waals surface area contributed by atoms with Crippen molar-refractivity contribution >= 4 is 5.91 Å². The van der Waals surface area contributed by atoms with Crippen molar-refractivity contribution in [1.82, 2.24) is 4.90 Å². The maximum Gasteiger partial charge on any atom is 0.225 e. The van der Waals surface area contributed by atoms with Crippen molar-refractivity contribution in [3.8, 4) is 0 Å². The molecule has 1 amide bonds. The molecular weight excluding hydrogens is 176 g/mol. The van der Waals surface area contributed by atoms with Crippen LogP contribution in [0.1, 0.15) is 32.1 Å². The lowest BCUT2D eigenvalue weighted by Crippen LogP contribution is -2.54. The molecule has 14 heavy (non-hydrogen) atoms. The summed E-state index contributed by atoms with van der Waals surface area (Å²) >= 11 is 0. The molecule has 1 aliphatic carbocycles. The van der Waals surface area contributed by atoms with Gasteiger partial charge in [-0.05, 0) is 19.4 Å². The second kappa shape index (κ2) is 4.30. The maximum atomic E-state index is 11.9. The first kappa shape index (κ1) is 9.97. The SMILES string of the molecule is NCC1CN(C(=O)C2CCCCC2)C1. The molecule has 1 heterocycles. The van der Waals surface area contributed by atoms with Crippen LogP contribution in [0.3, 0.4) is 0 Å². The number of rotatable bonds is 2. The third kappa shape index (κ3) is 1.92. The van der Waals surface area contributed by atoms with E-state index >= 15 is 0 Å². The van der Waals surface area contributed by atoms with Crippen LogP contribution in [0.2, 0.25) is 0 Å². The predicted octanol–water partition coefficient (Wildman–Crippen LogP) is 0.984. The molecule has 2 rings (SSSR count). The number of likely N-dealkylation sites (tertiary alicyclic amines) is 1. The highest BCUT2D eigenvalue weighted by molar-refractivity contribution is 5.79. The molecule has 0 unspecified atom stereocenters. The molecule has 0 aromatic rings. The van der Waals surface area contributed by atoms with Crippen LogP contribution in [0, 0.1) is 11.8 Å². The maximum absolute atomic E-state index is 11.9. The molecule has 3 heteroatoms. The molecule has 1 saturated carbocycles. The Morgan fingerprint density at radius 1 is 1.21 bits per heavy atom. The molecule has 0 spiro atoms. The van der Waals surface area contributed by atoms with Crippen molar-refractivity contribution in [3.05, 3.63) is 0 Å². The molecule has 0 bridgehead atoms.